The monoisotopic (exact) mass is 433 g/mol. The number of morpholine rings is 1. The van der Waals surface area contributed by atoms with Crippen molar-refractivity contribution in [3.05, 3.63) is 77.6 Å². The normalized spacial score (nSPS) is 15.3. The number of anilines is 1. The summed E-state index contributed by atoms with van der Waals surface area (Å²) in [5.41, 5.74) is 18.9. The molecule has 0 spiro atoms. The Morgan fingerprint density at radius 3 is 2.69 bits per heavy atom. The summed E-state index contributed by atoms with van der Waals surface area (Å²) in [7, 11) is 0. The van der Waals surface area contributed by atoms with Gasteiger partial charge in [0.2, 0.25) is 0 Å². The lowest BCUT2D eigenvalue weighted by Crippen LogP contribution is -2.49. The van der Waals surface area contributed by atoms with Crippen molar-refractivity contribution in [2.45, 2.75) is 12.7 Å². The number of nitrogens with one attached hydrogen (secondary N) is 2. The van der Waals surface area contributed by atoms with E-state index in [1.807, 2.05) is 47.5 Å². The molecule has 4 rings (SSSR count). The fraction of sp³-hybridized carbons (Fsp3) is 0.261. The number of nitrogens with two attached hydrogens (primary N) is 2. The van der Waals surface area contributed by atoms with Crippen LogP contribution in [-0.4, -0.2) is 47.2 Å². The molecule has 3 aromatic rings. The third-order valence-electron chi connectivity index (χ3n) is 5.17. The molecule has 1 fully saturated rings. The Kier molecular flexibility index (Phi) is 7.03. The van der Waals surface area contributed by atoms with Gasteiger partial charge in [0, 0.05) is 30.8 Å². The lowest BCUT2D eigenvalue weighted by Gasteiger charge is -2.30. The molecule has 0 radical (unpaired) electrons. The van der Waals surface area contributed by atoms with Crippen molar-refractivity contribution in [3.8, 4) is 11.3 Å². The SMILES string of the molecule is Nc1ncc(-c2cccc(C(=O)NCc3ccccc3)c2)nc1C(N)NN1CCOCC1. The van der Waals surface area contributed by atoms with E-state index in [9.17, 15) is 4.79 Å². The first-order valence-corrected chi connectivity index (χ1v) is 10.5. The number of rotatable bonds is 7. The van der Waals surface area contributed by atoms with Crippen molar-refractivity contribution >= 4 is 11.7 Å². The lowest BCUT2D eigenvalue weighted by molar-refractivity contribution is 0.00355. The van der Waals surface area contributed by atoms with Crippen LogP contribution >= 0.6 is 0 Å². The molecule has 1 aliphatic rings. The van der Waals surface area contributed by atoms with Crippen LogP contribution in [0.1, 0.15) is 27.8 Å². The summed E-state index contributed by atoms with van der Waals surface area (Å²) in [5.74, 6) is 0.101. The summed E-state index contributed by atoms with van der Waals surface area (Å²) >= 11 is 0. The van der Waals surface area contributed by atoms with E-state index in [0.29, 0.717) is 36.7 Å². The first-order chi connectivity index (χ1) is 15.6. The minimum absolute atomic E-state index is 0.162. The average Bonchev–Trinajstić information content (AvgIpc) is 2.84. The van der Waals surface area contributed by atoms with Crippen molar-refractivity contribution in [1.29, 1.82) is 0 Å². The Morgan fingerprint density at radius 2 is 1.91 bits per heavy atom. The molecule has 0 bridgehead atoms. The van der Waals surface area contributed by atoms with E-state index in [0.717, 1.165) is 24.2 Å². The van der Waals surface area contributed by atoms with Gasteiger partial charge in [-0.1, -0.05) is 42.5 Å². The molecule has 1 amide bonds. The van der Waals surface area contributed by atoms with Gasteiger partial charge in [0.05, 0.1) is 25.1 Å². The molecule has 2 aromatic carbocycles. The number of benzene rings is 2. The molecule has 1 aliphatic heterocycles. The van der Waals surface area contributed by atoms with Gasteiger partial charge in [0.1, 0.15) is 17.7 Å². The molecule has 1 atom stereocenters. The number of amides is 1. The number of carbonyl (C=O) groups excluding carboxylic acids is 1. The van der Waals surface area contributed by atoms with Crippen LogP contribution in [-0.2, 0) is 11.3 Å². The smallest absolute Gasteiger partial charge is 0.251 e. The van der Waals surface area contributed by atoms with E-state index < -0.39 is 6.17 Å². The van der Waals surface area contributed by atoms with Crippen LogP contribution < -0.4 is 22.2 Å². The summed E-state index contributed by atoms with van der Waals surface area (Å²) < 4.78 is 5.35. The fourth-order valence-electron chi connectivity index (χ4n) is 3.43. The second-order valence-electron chi connectivity index (χ2n) is 7.48. The Labute approximate surface area is 186 Å². The van der Waals surface area contributed by atoms with Gasteiger partial charge in [-0.3, -0.25) is 4.79 Å². The molecule has 0 saturated carbocycles. The molecular weight excluding hydrogens is 406 g/mol. The number of nitrogens with zero attached hydrogens (tertiary/aromatic N) is 3. The third kappa shape index (κ3) is 5.45. The molecule has 9 nitrogen and oxygen atoms in total. The van der Waals surface area contributed by atoms with Crippen LogP contribution in [0.3, 0.4) is 0 Å². The Balaban J connectivity index is 1.48. The average molecular weight is 434 g/mol. The molecule has 32 heavy (non-hydrogen) atoms. The van der Waals surface area contributed by atoms with Crippen LogP contribution in [0, 0.1) is 0 Å². The van der Waals surface area contributed by atoms with E-state index in [-0.39, 0.29) is 11.7 Å². The highest BCUT2D eigenvalue weighted by molar-refractivity contribution is 5.95. The Morgan fingerprint density at radius 1 is 1.12 bits per heavy atom. The summed E-state index contributed by atoms with van der Waals surface area (Å²) in [5, 5.41) is 4.92. The predicted octanol–water partition coefficient (Wildman–Crippen LogP) is 1.45. The van der Waals surface area contributed by atoms with Gasteiger partial charge in [-0.15, -0.1) is 0 Å². The highest BCUT2D eigenvalue weighted by atomic mass is 16.5. The molecule has 1 aromatic heterocycles. The summed E-state index contributed by atoms with van der Waals surface area (Å²) in [6.07, 6.45) is 0.972. The quantitative estimate of drug-likeness (QED) is 0.412. The summed E-state index contributed by atoms with van der Waals surface area (Å²) in [6, 6.07) is 17.0. The van der Waals surface area contributed by atoms with E-state index in [1.54, 1.807) is 18.3 Å². The number of hydrogen-bond acceptors (Lipinski definition) is 8. The topological polar surface area (TPSA) is 131 Å². The second-order valence-corrected chi connectivity index (χ2v) is 7.48. The third-order valence-corrected chi connectivity index (χ3v) is 5.17. The number of hydrazine groups is 1. The molecule has 1 saturated heterocycles. The van der Waals surface area contributed by atoms with Crippen molar-refractivity contribution in [2.75, 3.05) is 32.0 Å². The van der Waals surface area contributed by atoms with Gasteiger partial charge in [0.25, 0.3) is 5.91 Å². The number of nitrogen functional groups attached to an aromatic ring is 1. The number of ether oxygens (including phenoxy) is 1. The van der Waals surface area contributed by atoms with E-state index in [4.69, 9.17) is 16.2 Å². The van der Waals surface area contributed by atoms with Crippen LogP contribution in [0.25, 0.3) is 11.3 Å². The van der Waals surface area contributed by atoms with Crippen molar-refractivity contribution in [2.24, 2.45) is 5.73 Å². The first-order valence-electron chi connectivity index (χ1n) is 10.5. The van der Waals surface area contributed by atoms with Crippen molar-refractivity contribution in [1.82, 2.24) is 25.7 Å². The standard InChI is InChI=1S/C23H27N7O2/c24-21-20(22(25)29-30-9-11-32-12-10-30)28-19(15-26-21)17-7-4-8-18(13-17)23(31)27-14-16-5-2-1-3-6-16/h1-8,13,15,22,29H,9-12,14,25H2,(H2,24,26)(H,27,31). The Hall–Kier alpha value is -3.37. The number of aromatic nitrogens is 2. The molecule has 166 valence electrons. The minimum Gasteiger partial charge on any atom is -0.382 e. The zero-order valence-corrected chi connectivity index (χ0v) is 17.7. The van der Waals surface area contributed by atoms with Crippen LogP contribution in [0.4, 0.5) is 5.82 Å². The van der Waals surface area contributed by atoms with E-state index in [2.05, 4.69) is 20.7 Å². The largest absolute Gasteiger partial charge is 0.382 e. The fourth-order valence-corrected chi connectivity index (χ4v) is 3.43. The van der Waals surface area contributed by atoms with Crippen molar-refractivity contribution in [3.63, 3.8) is 0 Å². The molecule has 2 heterocycles. The maximum Gasteiger partial charge on any atom is 0.251 e. The maximum atomic E-state index is 12.6. The Bertz CT molecular complexity index is 1060. The summed E-state index contributed by atoms with van der Waals surface area (Å²) in [6.45, 7) is 3.18. The van der Waals surface area contributed by atoms with Gasteiger partial charge < -0.3 is 21.5 Å². The molecular formula is C23H27N7O2. The molecule has 1 unspecified atom stereocenters. The lowest BCUT2D eigenvalue weighted by atomic mass is 10.1. The van der Waals surface area contributed by atoms with Crippen LogP contribution in [0.5, 0.6) is 0 Å². The summed E-state index contributed by atoms with van der Waals surface area (Å²) in [4.78, 5) is 21.5. The van der Waals surface area contributed by atoms with Gasteiger partial charge in [-0.05, 0) is 17.7 Å². The van der Waals surface area contributed by atoms with Crippen molar-refractivity contribution < 1.29 is 9.53 Å². The van der Waals surface area contributed by atoms with E-state index in [1.165, 1.54) is 0 Å². The zero-order chi connectivity index (χ0) is 22.3. The predicted molar refractivity (Wildman–Crippen MR) is 122 cm³/mol. The van der Waals surface area contributed by atoms with Gasteiger partial charge >= 0.3 is 0 Å². The maximum absolute atomic E-state index is 12.6. The second kappa shape index (κ2) is 10.3. The zero-order valence-electron chi connectivity index (χ0n) is 17.7. The highest BCUT2D eigenvalue weighted by Crippen LogP contribution is 2.22. The first kappa shape index (κ1) is 21.8. The number of hydrogen-bond donors (Lipinski definition) is 4. The van der Waals surface area contributed by atoms with Gasteiger partial charge in [0.15, 0.2) is 0 Å². The highest BCUT2D eigenvalue weighted by Gasteiger charge is 2.19. The van der Waals surface area contributed by atoms with Gasteiger partial charge in [-0.2, -0.15) is 0 Å². The van der Waals surface area contributed by atoms with Crippen LogP contribution in [0.15, 0.2) is 60.8 Å². The molecule has 9 heteroatoms. The molecule has 0 aliphatic carbocycles. The minimum atomic E-state index is -0.613. The van der Waals surface area contributed by atoms with Gasteiger partial charge in [-0.25, -0.2) is 20.4 Å². The van der Waals surface area contributed by atoms with E-state index >= 15 is 0 Å². The number of carbonyl (C=O) groups is 1. The van der Waals surface area contributed by atoms with Crippen LogP contribution in [0.2, 0.25) is 0 Å². The molecule has 6 N–H and O–H groups in total.